The van der Waals surface area contributed by atoms with Crippen molar-refractivity contribution in [1.29, 1.82) is 0 Å². The SMILES string of the molecule is CC(C)(C)[Si](C)(C)O[C@H]1CN[C@@H](CO)C1. The molecule has 0 unspecified atom stereocenters. The molecule has 15 heavy (non-hydrogen) atoms. The van der Waals surface area contributed by atoms with Gasteiger partial charge in [-0.1, -0.05) is 20.8 Å². The maximum Gasteiger partial charge on any atom is 0.192 e. The molecule has 0 bridgehead atoms. The van der Waals surface area contributed by atoms with Gasteiger partial charge in [-0.25, -0.2) is 0 Å². The predicted molar refractivity (Wildman–Crippen MR) is 65.6 cm³/mol. The minimum atomic E-state index is -1.63. The van der Waals surface area contributed by atoms with Gasteiger partial charge in [0.2, 0.25) is 0 Å². The third-order valence-electron chi connectivity index (χ3n) is 3.67. The molecule has 1 heterocycles. The first kappa shape index (κ1) is 13.2. The van der Waals surface area contributed by atoms with Crippen molar-refractivity contribution in [3.63, 3.8) is 0 Å². The maximum absolute atomic E-state index is 9.04. The molecular formula is C11H25NO2Si. The van der Waals surface area contributed by atoms with Crippen LogP contribution in [0.3, 0.4) is 0 Å². The minimum Gasteiger partial charge on any atom is -0.413 e. The molecule has 1 saturated heterocycles. The molecule has 90 valence electrons. The van der Waals surface area contributed by atoms with Crippen molar-refractivity contribution in [2.24, 2.45) is 0 Å². The molecule has 4 heteroatoms. The van der Waals surface area contributed by atoms with Gasteiger partial charge < -0.3 is 14.8 Å². The second-order valence-electron chi connectivity index (χ2n) is 6.02. The van der Waals surface area contributed by atoms with E-state index in [1.807, 2.05) is 0 Å². The van der Waals surface area contributed by atoms with E-state index in [2.05, 4.69) is 39.2 Å². The molecule has 0 amide bonds. The third kappa shape index (κ3) is 3.28. The first-order valence-electron chi connectivity index (χ1n) is 5.78. The Labute approximate surface area is 94.3 Å². The maximum atomic E-state index is 9.04. The molecule has 3 nitrogen and oxygen atoms in total. The van der Waals surface area contributed by atoms with Crippen LogP contribution in [-0.4, -0.2) is 38.7 Å². The Bertz CT molecular complexity index is 213. The molecule has 1 rings (SSSR count). The van der Waals surface area contributed by atoms with Gasteiger partial charge in [-0.05, 0) is 24.6 Å². The van der Waals surface area contributed by atoms with Crippen LogP contribution in [0.5, 0.6) is 0 Å². The molecule has 0 aliphatic carbocycles. The quantitative estimate of drug-likeness (QED) is 0.727. The van der Waals surface area contributed by atoms with Gasteiger partial charge in [0.1, 0.15) is 0 Å². The Morgan fingerprint density at radius 1 is 1.40 bits per heavy atom. The van der Waals surface area contributed by atoms with Gasteiger partial charge in [-0.15, -0.1) is 0 Å². The van der Waals surface area contributed by atoms with Gasteiger partial charge in [0.05, 0.1) is 12.7 Å². The van der Waals surface area contributed by atoms with Crippen LogP contribution in [0.15, 0.2) is 0 Å². The fraction of sp³-hybridized carbons (Fsp3) is 1.00. The Morgan fingerprint density at radius 3 is 2.40 bits per heavy atom. The van der Waals surface area contributed by atoms with Crippen LogP contribution in [0.2, 0.25) is 18.1 Å². The number of hydrogen-bond donors (Lipinski definition) is 2. The van der Waals surface area contributed by atoms with E-state index < -0.39 is 8.32 Å². The Hall–Kier alpha value is 0.0969. The number of aliphatic hydroxyl groups is 1. The van der Waals surface area contributed by atoms with Gasteiger partial charge in [-0.2, -0.15) is 0 Å². The van der Waals surface area contributed by atoms with E-state index in [1.54, 1.807) is 0 Å². The molecule has 0 aromatic heterocycles. The zero-order valence-electron chi connectivity index (χ0n) is 10.6. The lowest BCUT2D eigenvalue weighted by molar-refractivity contribution is 0.188. The molecule has 0 aromatic rings. The lowest BCUT2D eigenvalue weighted by Gasteiger charge is -2.38. The monoisotopic (exact) mass is 231 g/mol. The Kier molecular flexibility index (Phi) is 3.98. The summed E-state index contributed by atoms with van der Waals surface area (Å²) in [5.41, 5.74) is 0. The summed E-state index contributed by atoms with van der Waals surface area (Å²) in [4.78, 5) is 0. The summed E-state index contributed by atoms with van der Waals surface area (Å²) in [5, 5.41) is 12.6. The second-order valence-corrected chi connectivity index (χ2v) is 10.8. The van der Waals surface area contributed by atoms with Crippen molar-refractivity contribution in [1.82, 2.24) is 5.32 Å². The van der Waals surface area contributed by atoms with E-state index in [9.17, 15) is 0 Å². The fourth-order valence-electron chi connectivity index (χ4n) is 1.60. The third-order valence-corrected chi connectivity index (χ3v) is 8.20. The van der Waals surface area contributed by atoms with Gasteiger partial charge in [0.15, 0.2) is 8.32 Å². The summed E-state index contributed by atoms with van der Waals surface area (Å²) in [7, 11) is -1.63. The van der Waals surface area contributed by atoms with E-state index in [0.717, 1.165) is 13.0 Å². The molecule has 0 saturated carbocycles. The summed E-state index contributed by atoms with van der Waals surface area (Å²) in [5.74, 6) is 0. The summed E-state index contributed by atoms with van der Waals surface area (Å²) < 4.78 is 6.26. The van der Waals surface area contributed by atoms with E-state index in [-0.39, 0.29) is 17.7 Å². The molecule has 0 aromatic carbocycles. The Balaban J connectivity index is 2.49. The summed E-state index contributed by atoms with van der Waals surface area (Å²) in [6.07, 6.45) is 1.24. The topological polar surface area (TPSA) is 41.5 Å². The van der Waals surface area contributed by atoms with Gasteiger partial charge in [-0.3, -0.25) is 0 Å². The van der Waals surface area contributed by atoms with Crippen LogP contribution in [0.25, 0.3) is 0 Å². The molecule has 2 N–H and O–H groups in total. The largest absolute Gasteiger partial charge is 0.413 e. The van der Waals surface area contributed by atoms with Crippen LogP contribution in [0.1, 0.15) is 27.2 Å². The second kappa shape index (κ2) is 4.53. The van der Waals surface area contributed by atoms with E-state index in [4.69, 9.17) is 9.53 Å². The summed E-state index contributed by atoms with van der Waals surface area (Å²) >= 11 is 0. The first-order chi connectivity index (χ1) is 6.76. The van der Waals surface area contributed by atoms with Crippen molar-refractivity contribution >= 4 is 8.32 Å². The number of nitrogens with one attached hydrogen (secondary N) is 1. The summed E-state index contributed by atoms with van der Waals surface area (Å²) in [6, 6.07) is 0.236. The first-order valence-corrected chi connectivity index (χ1v) is 8.69. The molecule has 2 atom stereocenters. The predicted octanol–water partition coefficient (Wildman–Crippen LogP) is 1.73. The van der Waals surface area contributed by atoms with Crippen LogP contribution in [0, 0.1) is 0 Å². The minimum absolute atomic E-state index is 0.220. The van der Waals surface area contributed by atoms with Crippen molar-refractivity contribution in [3.8, 4) is 0 Å². The normalized spacial score (nSPS) is 28.4. The number of rotatable bonds is 3. The average Bonchev–Trinajstić information content (AvgIpc) is 2.49. The zero-order valence-corrected chi connectivity index (χ0v) is 11.6. The van der Waals surface area contributed by atoms with Gasteiger partial charge >= 0.3 is 0 Å². The fourth-order valence-corrected chi connectivity index (χ4v) is 2.97. The lowest BCUT2D eigenvalue weighted by atomic mass is 10.2. The van der Waals surface area contributed by atoms with Gasteiger partial charge in [0.25, 0.3) is 0 Å². The van der Waals surface area contributed by atoms with Crippen LogP contribution in [0.4, 0.5) is 0 Å². The summed E-state index contributed by atoms with van der Waals surface area (Å²) in [6.45, 7) is 12.4. The van der Waals surface area contributed by atoms with E-state index in [1.165, 1.54) is 0 Å². The average molecular weight is 231 g/mol. The lowest BCUT2D eigenvalue weighted by Crippen LogP contribution is -2.44. The molecule has 0 spiro atoms. The highest BCUT2D eigenvalue weighted by Gasteiger charge is 2.40. The van der Waals surface area contributed by atoms with E-state index >= 15 is 0 Å². The standard InChI is InChI=1S/C11H25NO2Si/c1-11(2,3)15(4,5)14-10-6-9(8-13)12-7-10/h9-10,12-13H,6-8H2,1-5H3/t9-,10-/m1/s1. The highest BCUT2D eigenvalue weighted by atomic mass is 28.4. The smallest absolute Gasteiger partial charge is 0.192 e. The number of aliphatic hydroxyl groups excluding tert-OH is 1. The van der Waals surface area contributed by atoms with Gasteiger partial charge in [0, 0.05) is 12.6 Å². The molecule has 1 fully saturated rings. The van der Waals surface area contributed by atoms with Crippen molar-refractivity contribution in [3.05, 3.63) is 0 Å². The number of hydrogen-bond acceptors (Lipinski definition) is 3. The van der Waals surface area contributed by atoms with Crippen molar-refractivity contribution in [2.75, 3.05) is 13.2 Å². The van der Waals surface area contributed by atoms with Crippen molar-refractivity contribution in [2.45, 2.75) is 57.5 Å². The van der Waals surface area contributed by atoms with Crippen LogP contribution < -0.4 is 5.32 Å². The zero-order chi connectivity index (χ0) is 11.7. The molecule has 1 aliphatic rings. The highest BCUT2D eigenvalue weighted by Crippen LogP contribution is 2.38. The molecule has 0 radical (unpaired) electrons. The Morgan fingerprint density at radius 2 is 2.00 bits per heavy atom. The molecular weight excluding hydrogens is 206 g/mol. The van der Waals surface area contributed by atoms with Crippen molar-refractivity contribution < 1.29 is 9.53 Å². The van der Waals surface area contributed by atoms with E-state index in [0.29, 0.717) is 6.10 Å². The highest BCUT2D eigenvalue weighted by molar-refractivity contribution is 6.74. The molecule has 1 aliphatic heterocycles. The van der Waals surface area contributed by atoms with Crippen LogP contribution >= 0.6 is 0 Å². The van der Waals surface area contributed by atoms with Crippen LogP contribution in [-0.2, 0) is 4.43 Å².